The number of hydrogen-bond acceptors (Lipinski definition) is 0. The summed E-state index contributed by atoms with van der Waals surface area (Å²) < 4.78 is 44.1. The van der Waals surface area contributed by atoms with Crippen molar-refractivity contribution in [3.8, 4) is 11.1 Å². The minimum Gasteiger partial charge on any atom is -0.206 e. The smallest absolute Gasteiger partial charge is 0.170 e. The van der Waals surface area contributed by atoms with Crippen molar-refractivity contribution in [1.82, 2.24) is 0 Å². The van der Waals surface area contributed by atoms with Crippen LogP contribution in [0.2, 0.25) is 0 Å². The summed E-state index contributed by atoms with van der Waals surface area (Å²) in [7, 11) is 0. The van der Waals surface area contributed by atoms with Gasteiger partial charge in [-0.15, -0.1) is 6.58 Å². The zero-order chi connectivity index (χ0) is 22.0. The molecule has 0 heterocycles. The molecule has 1 aliphatic carbocycles. The first-order valence-electron chi connectivity index (χ1n) is 11.0. The molecular formula is C28H27F3. The van der Waals surface area contributed by atoms with Crippen LogP contribution in [0.5, 0.6) is 0 Å². The van der Waals surface area contributed by atoms with Crippen LogP contribution < -0.4 is 0 Å². The van der Waals surface area contributed by atoms with Crippen LogP contribution in [0.3, 0.4) is 0 Å². The van der Waals surface area contributed by atoms with E-state index in [4.69, 9.17) is 0 Å². The summed E-state index contributed by atoms with van der Waals surface area (Å²) >= 11 is 0. The molecule has 3 aromatic rings. The number of hydrogen-bond donors (Lipinski definition) is 0. The summed E-state index contributed by atoms with van der Waals surface area (Å²) in [6.07, 6.45) is 10.4. The van der Waals surface area contributed by atoms with E-state index in [0.29, 0.717) is 16.9 Å². The Bertz CT molecular complexity index is 1100. The lowest BCUT2D eigenvalue weighted by Crippen LogP contribution is -2.13. The van der Waals surface area contributed by atoms with Crippen molar-refractivity contribution in [3.63, 3.8) is 0 Å². The van der Waals surface area contributed by atoms with Crippen molar-refractivity contribution in [2.75, 3.05) is 0 Å². The lowest BCUT2D eigenvalue weighted by molar-refractivity contribution is 0.312. The van der Waals surface area contributed by atoms with Crippen LogP contribution in [-0.4, -0.2) is 0 Å². The first kappa shape index (κ1) is 21.4. The molecule has 1 fully saturated rings. The molecule has 0 amide bonds. The predicted molar refractivity (Wildman–Crippen MR) is 123 cm³/mol. The molecule has 0 bridgehead atoms. The van der Waals surface area contributed by atoms with E-state index in [1.165, 1.54) is 43.0 Å². The number of fused-ring (bicyclic) bond motifs is 1. The number of rotatable bonds is 6. The molecule has 0 unspecified atom stereocenters. The van der Waals surface area contributed by atoms with Gasteiger partial charge in [-0.2, -0.15) is 0 Å². The van der Waals surface area contributed by atoms with Crippen LogP contribution in [0.1, 0.15) is 55.6 Å². The fourth-order valence-electron chi connectivity index (χ4n) is 4.84. The molecule has 3 heteroatoms. The maximum absolute atomic E-state index is 14.9. The highest BCUT2D eigenvalue weighted by Crippen LogP contribution is 2.39. The fraction of sp³-hybridized carbons (Fsp3) is 0.286. The largest absolute Gasteiger partial charge is 0.206 e. The van der Waals surface area contributed by atoms with E-state index in [-0.39, 0.29) is 16.5 Å². The molecule has 0 spiro atoms. The maximum atomic E-state index is 14.9. The van der Waals surface area contributed by atoms with Crippen molar-refractivity contribution in [1.29, 1.82) is 0 Å². The molecule has 4 rings (SSSR count). The van der Waals surface area contributed by atoms with Gasteiger partial charge in [-0.25, -0.2) is 13.2 Å². The van der Waals surface area contributed by atoms with Gasteiger partial charge in [-0.3, -0.25) is 0 Å². The van der Waals surface area contributed by atoms with Gasteiger partial charge in [0.05, 0.1) is 5.39 Å². The molecular weight excluding hydrogens is 393 g/mol. The van der Waals surface area contributed by atoms with Crippen LogP contribution >= 0.6 is 0 Å². The monoisotopic (exact) mass is 420 g/mol. The molecule has 1 saturated carbocycles. The SMILES string of the molecule is C=CCCC1CCC(c2ccc(-c3cc4ccc(C=C)c(F)c4c(F)c3F)cc2)CC1. The molecule has 31 heavy (non-hydrogen) atoms. The van der Waals surface area contributed by atoms with Gasteiger partial charge in [0.2, 0.25) is 0 Å². The van der Waals surface area contributed by atoms with Crippen LogP contribution in [0.4, 0.5) is 13.2 Å². The van der Waals surface area contributed by atoms with E-state index in [1.807, 2.05) is 30.3 Å². The second-order valence-electron chi connectivity index (χ2n) is 8.53. The standard InChI is InChI=1S/C28H27F3/c1-3-5-6-18-7-9-20(10-8-18)21-12-14-22(15-13-21)24-17-23-16-11-19(4-2)26(29)25(23)28(31)27(24)30/h3-4,11-18,20H,1-2,5-10H2. The van der Waals surface area contributed by atoms with E-state index >= 15 is 0 Å². The van der Waals surface area contributed by atoms with Crippen molar-refractivity contribution >= 4 is 16.8 Å². The van der Waals surface area contributed by atoms with Gasteiger partial charge in [0.1, 0.15) is 5.82 Å². The molecule has 0 nitrogen and oxygen atoms in total. The van der Waals surface area contributed by atoms with Gasteiger partial charge >= 0.3 is 0 Å². The molecule has 0 atom stereocenters. The Morgan fingerprint density at radius 1 is 0.839 bits per heavy atom. The second kappa shape index (κ2) is 9.13. The van der Waals surface area contributed by atoms with Gasteiger partial charge in [0, 0.05) is 11.1 Å². The minimum absolute atomic E-state index is 0.149. The molecule has 0 aliphatic heterocycles. The Morgan fingerprint density at radius 2 is 1.55 bits per heavy atom. The molecule has 0 N–H and O–H groups in total. The topological polar surface area (TPSA) is 0 Å². The molecule has 0 aromatic heterocycles. The number of benzene rings is 3. The van der Waals surface area contributed by atoms with Crippen LogP contribution in [0, 0.1) is 23.4 Å². The summed E-state index contributed by atoms with van der Waals surface area (Å²) in [6, 6.07) is 12.4. The highest BCUT2D eigenvalue weighted by atomic mass is 19.2. The zero-order valence-electron chi connectivity index (χ0n) is 17.6. The molecule has 160 valence electrons. The maximum Gasteiger partial charge on any atom is 0.170 e. The van der Waals surface area contributed by atoms with E-state index < -0.39 is 17.5 Å². The zero-order valence-corrected chi connectivity index (χ0v) is 17.6. The van der Waals surface area contributed by atoms with E-state index in [1.54, 1.807) is 6.07 Å². The summed E-state index contributed by atoms with van der Waals surface area (Å²) in [5.74, 6) is -1.67. The van der Waals surface area contributed by atoms with Gasteiger partial charge in [-0.05, 0) is 72.9 Å². The summed E-state index contributed by atoms with van der Waals surface area (Å²) in [4.78, 5) is 0. The Labute approximate surface area is 182 Å². The third-order valence-electron chi connectivity index (χ3n) is 6.69. The van der Waals surface area contributed by atoms with Gasteiger partial charge in [0.25, 0.3) is 0 Å². The first-order chi connectivity index (χ1) is 15.0. The van der Waals surface area contributed by atoms with Crippen molar-refractivity contribution < 1.29 is 13.2 Å². The molecule has 1 aliphatic rings. The third kappa shape index (κ3) is 4.19. The van der Waals surface area contributed by atoms with Crippen molar-refractivity contribution in [2.24, 2.45) is 5.92 Å². The van der Waals surface area contributed by atoms with E-state index in [2.05, 4.69) is 13.2 Å². The lowest BCUT2D eigenvalue weighted by Gasteiger charge is -2.28. The Morgan fingerprint density at radius 3 is 2.19 bits per heavy atom. The summed E-state index contributed by atoms with van der Waals surface area (Å²) in [5.41, 5.74) is 2.14. The average molecular weight is 421 g/mol. The van der Waals surface area contributed by atoms with E-state index in [0.717, 1.165) is 25.2 Å². The minimum atomic E-state index is -1.16. The fourth-order valence-corrected chi connectivity index (χ4v) is 4.84. The predicted octanol–water partition coefficient (Wildman–Crippen LogP) is 8.81. The van der Waals surface area contributed by atoms with Crippen molar-refractivity contribution in [2.45, 2.75) is 44.4 Å². The quantitative estimate of drug-likeness (QED) is 0.350. The second-order valence-corrected chi connectivity index (χ2v) is 8.53. The van der Waals surface area contributed by atoms with Gasteiger partial charge in [-0.1, -0.05) is 55.1 Å². The molecule has 3 aromatic carbocycles. The highest BCUT2D eigenvalue weighted by Gasteiger charge is 2.23. The van der Waals surface area contributed by atoms with Crippen LogP contribution in [0.15, 0.2) is 61.7 Å². The normalized spacial score (nSPS) is 18.8. The third-order valence-corrected chi connectivity index (χ3v) is 6.69. The Kier molecular flexibility index (Phi) is 6.31. The highest BCUT2D eigenvalue weighted by molar-refractivity contribution is 5.90. The van der Waals surface area contributed by atoms with Crippen LogP contribution in [0.25, 0.3) is 28.0 Å². The molecule has 0 radical (unpaired) electrons. The summed E-state index contributed by atoms with van der Waals surface area (Å²) in [5, 5.41) is 0.00223. The number of allylic oxidation sites excluding steroid dienone is 1. The average Bonchev–Trinajstić information content (AvgIpc) is 2.80. The Balaban J connectivity index is 1.59. The molecule has 0 saturated heterocycles. The van der Waals surface area contributed by atoms with Gasteiger partial charge in [0.15, 0.2) is 11.6 Å². The van der Waals surface area contributed by atoms with Crippen LogP contribution in [-0.2, 0) is 0 Å². The summed E-state index contributed by atoms with van der Waals surface area (Å²) in [6.45, 7) is 7.33. The van der Waals surface area contributed by atoms with Gasteiger partial charge < -0.3 is 0 Å². The number of halogens is 3. The first-order valence-corrected chi connectivity index (χ1v) is 11.0. The van der Waals surface area contributed by atoms with E-state index in [9.17, 15) is 13.2 Å². The Hall–Kier alpha value is -2.81. The lowest BCUT2D eigenvalue weighted by atomic mass is 9.77. The van der Waals surface area contributed by atoms with Crippen molar-refractivity contribution in [3.05, 3.63) is 90.3 Å².